The molecule has 0 aliphatic rings. The van der Waals surface area contributed by atoms with E-state index in [0.29, 0.717) is 0 Å². The van der Waals surface area contributed by atoms with Crippen molar-refractivity contribution < 1.29 is 9.32 Å². The van der Waals surface area contributed by atoms with Gasteiger partial charge in [-0.25, -0.2) is 4.98 Å². The maximum absolute atomic E-state index is 11.6. The zero-order valence-corrected chi connectivity index (χ0v) is 19.0. The molecule has 164 valence electrons. The average molecular weight is 437 g/mol. The summed E-state index contributed by atoms with van der Waals surface area (Å²) >= 11 is 0. The molecule has 1 amide bonds. The van der Waals surface area contributed by atoms with E-state index < -0.39 is 0 Å². The molecule has 33 heavy (non-hydrogen) atoms. The fourth-order valence-corrected chi connectivity index (χ4v) is 4.35. The second-order valence-electron chi connectivity index (χ2n) is 8.20. The molecule has 6 nitrogen and oxygen atoms in total. The third kappa shape index (κ3) is 3.69. The van der Waals surface area contributed by atoms with Crippen molar-refractivity contribution in [1.29, 1.82) is 0 Å². The molecule has 0 fully saturated rings. The van der Waals surface area contributed by atoms with Crippen molar-refractivity contribution in [2.24, 2.45) is 7.05 Å². The molecule has 6 heteroatoms. The van der Waals surface area contributed by atoms with Crippen molar-refractivity contribution in [3.63, 3.8) is 0 Å². The molecular formula is C27H24N4O2. The number of amides is 1. The normalized spacial score (nSPS) is 11.2. The summed E-state index contributed by atoms with van der Waals surface area (Å²) < 4.78 is 7.62. The first-order chi connectivity index (χ1) is 15.9. The molecule has 0 saturated heterocycles. The van der Waals surface area contributed by atoms with E-state index in [1.54, 1.807) is 0 Å². The number of pyridine rings is 1. The van der Waals surface area contributed by atoms with E-state index in [9.17, 15) is 4.79 Å². The zero-order valence-electron chi connectivity index (χ0n) is 19.0. The summed E-state index contributed by atoms with van der Waals surface area (Å²) in [6.07, 6.45) is 0. The maximum atomic E-state index is 11.6. The number of carbonyl (C=O) groups excluding carboxylic acids is 1. The van der Waals surface area contributed by atoms with Gasteiger partial charge in [0, 0.05) is 36.3 Å². The van der Waals surface area contributed by atoms with Crippen LogP contribution in [0.15, 0.2) is 71.3 Å². The molecule has 0 spiro atoms. The summed E-state index contributed by atoms with van der Waals surface area (Å²) in [5.41, 5.74) is 8.29. The molecular weight excluding hydrogens is 412 g/mol. The number of anilines is 1. The van der Waals surface area contributed by atoms with Gasteiger partial charge in [0.1, 0.15) is 5.76 Å². The molecule has 2 aromatic carbocycles. The Morgan fingerprint density at radius 1 is 0.970 bits per heavy atom. The van der Waals surface area contributed by atoms with Gasteiger partial charge in [-0.2, -0.15) is 0 Å². The topological polar surface area (TPSA) is 73.0 Å². The Morgan fingerprint density at radius 3 is 2.42 bits per heavy atom. The van der Waals surface area contributed by atoms with Crippen LogP contribution in [-0.2, 0) is 11.8 Å². The van der Waals surface area contributed by atoms with Crippen LogP contribution in [0.2, 0.25) is 0 Å². The van der Waals surface area contributed by atoms with E-state index in [2.05, 4.69) is 46.4 Å². The molecule has 3 aromatic heterocycles. The van der Waals surface area contributed by atoms with E-state index in [0.717, 1.165) is 61.8 Å². The smallest absolute Gasteiger partial charge is 0.221 e. The van der Waals surface area contributed by atoms with Gasteiger partial charge in [-0.05, 0) is 43.7 Å². The first-order valence-electron chi connectivity index (χ1n) is 10.8. The molecule has 5 aromatic rings. The Morgan fingerprint density at radius 2 is 1.73 bits per heavy atom. The van der Waals surface area contributed by atoms with Crippen LogP contribution in [0.25, 0.3) is 44.7 Å². The quantitative estimate of drug-likeness (QED) is 0.367. The lowest BCUT2D eigenvalue weighted by Crippen LogP contribution is -2.05. The van der Waals surface area contributed by atoms with E-state index in [-0.39, 0.29) is 5.91 Å². The van der Waals surface area contributed by atoms with Gasteiger partial charge in [-0.3, -0.25) is 4.79 Å². The summed E-state index contributed by atoms with van der Waals surface area (Å²) in [6, 6.07) is 22.3. The summed E-state index contributed by atoms with van der Waals surface area (Å²) in [4.78, 5) is 16.7. The van der Waals surface area contributed by atoms with Crippen LogP contribution in [0, 0.1) is 13.8 Å². The first-order valence-corrected chi connectivity index (χ1v) is 10.8. The minimum absolute atomic E-state index is 0.110. The molecule has 1 N–H and O–H groups in total. The van der Waals surface area contributed by atoms with Gasteiger partial charge in [0.15, 0.2) is 0 Å². The largest absolute Gasteiger partial charge is 0.361 e. The summed E-state index contributed by atoms with van der Waals surface area (Å²) in [7, 11) is 2.07. The Labute approximate surface area is 191 Å². The van der Waals surface area contributed by atoms with Gasteiger partial charge in [0.25, 0.3) is 0 Å². The van der Waals surface area contributed by atoms with Gasteiger partial charge in [0.05, 0.1) is 28.2 Å². The molecule has 0 saturated carbocycles. The van der Waals surface area contributed by atoms with Crippen LogP contribution in [0.3, 0.4) is 0 Å². The predicted molar refractivity (Wildman–Crippen MR) is 131 cm³/mol. The summed E-state index contributed by atoms with van der Waals surface area (Å²) in [5.74, 6) is 0.621. The Kier molecular flexibility index (Phi) is 5.05. The fraction of sp³-hybridized carbons (Fsp3) is 0.148. The van der Waals surface area contributed by atoms with Crippen molar-refractivity contribution in [1.82, 2.24) is 14.7 Å². The SMILES string of the molecule is CC(=O)Nc1cccc(-c2nc(-c3c(C)noc3C)cc3c2cc(-c2ccccc2)n3C)c1. The monoisotopic (exact) mass is 436 g/mol. The summed E-state index contributed by atoms with van der Waals surface area (Å²) in [6.45, 7) is 5.33. The molecule has 3 heterocycles. The molecule has 0 unspecified atom stereocenters. The van der Waals surface area contributed by atoms with E-state index in [1.807, 2.05) is 56.3 Å². The number of fused-ring (bicyclic) bond motifs is 1. The molecule has 0 radical (unpaired) electrons. The van der Waals surface area contributed by atoms with Crippen molar-refractivity contribution in [3.05, 3.63) is 78.2 Å². The molecule has 0 atom stereocenters. The molecule has 5 rings (SSSR count). The van der Waals surface area contributed by atoms with Crippen molar-refractivity contribution in [2.45, 2.75) is 20.8 Å². The van der Waals surface area contributed by atoms with Gasteiger partial charge >= 0.3 is 0 Å². The third-order valence-corrected chi connectivity index (χ3v) is 5.86. The minimum Gasteiger partial charge on any atom is -0.361 e. The van der Waals surface area contributed by atoms with Crippen LogP contribution < -0.4 is 5.32 Å². The number of benzene rings is 2. The highest BCUT2D eigenvalue weighted by atomic mass is 16.5. The van der Waals surface area contributed by atoms with Crippen LogP contribution in [-0.4, -0.2) is 20.6 Å². The van der Waals surface area contributed by atoms with Crippen molar-refractivity contribution in [3.8, 4) is 33.8 Å². The van der Waals surface area contributed by atoms with Crippen molar-refractivity contribution in [2.75, 3.05) is 5.32 Å². The lowest BCUT2D eigenvalue weighted by Gasteiger charge is -2.10. The van der Waals surface area contributed by atoms with Gasteiger partial charge in [-0.15, -0.1) is 0 Å². The highest BCUT2D eigenvalue weighted by Crippen LogP contribution is 2.37. The first kappa shape index (κ1) is 20.7. The number of hydrogen-bond donors (Lipinski definition) is 1. The highest BCUT2D eigenvalue weighted by Gasteiger charge is 2.20. The number of aromatic nitrogens is 3. The maximum Gasteiger partial charge on any atom is 0.221 e. The Hall–Kier alpha value is -4.19. The number of nitrogens with zero attached hydrogens (tertiary/aromatic N) is 3. The zero-order chi connectivity index (χ0) is 23.1. The number of nitrogens with one attached hydrogen (secondary N) is 1. The van der Waals surface area contributed by atoms with Crippen LogP contribution >= 0.6 is 0 Å². The number of rotatable bonds is 4. The lowest BCUT2D eigenvalue weighted by atomic mass is 10.0. The van der Waals surface area contributed by atoms with E-state index in [1.165, 1.54) is 6.92 Å². The van der Waals surface area contributed by atoms with Crippen LogP contribution in [0.4, 0.5) is 5.69 Å². The lowest BCUT2D eigenvalue weighted by molar-refractivity contribution is -0.114. The number of hydrogen-bond acceptors (Lipinski definition) is 4. The highest BCUT2D eigenvalue weighted by molar-refractivity contribution is 6.00. The third-order valence-electron chi connectivity index (χ3n) is 5.86. The standard InChI is InChI=1S/C27H24N4O2/c1-16-26(17(2)33-30-16)23-15-25-22(14-24(31(25)4)19-9-6-5-7-10-19)27(29-23)20-11-8-12-21(13-20)28-18(3)32/h5-15H,1-4H3,(H,28,32). The molecule has 0 aliphatic carbocycles. The fourth-order valence-electron chi connectivity index (χ4n) is 4.35. The second-order valence-corrected chi connectivity index (χ2v) is 8.20. The van der Waals surface area contributed by atoms with E-state index >= 15 is 0 Å². The molecule has 0 aliphatic heterocycles. The average Bonchev–Trinajstić information content (AvgIpc) is 3.32. The van der Waals surface area contributed by atoms with Crippen LogP contribution in [0.1, 0.15) is 18.4 Å². The van der Waals surface area contributed by atoms with Gasteiger partial charge in [0.2, 0.25) is 5.91 Å². The molecule has 0 bridgehead atoms. The predicted octanol–water partition coefficient (Wildman–Crippen LogP) is 6.14. The van der Waals surface area contributed by atoms with Crippen molar-refractivity contribution >= 4 is 22.5 Å². The van der Waals surface area contributed by atoms with E-state index in [4.69, 9.17) is 9.51 Å². The Balaban J connectivity index is 1.81. The Bertz CT molecular complexity index is 1480. The number of carbonyl (C=O) groups is 1. The van der Waals surface area contributed by atoms with Gasteiger partial charge < -0.3 is 14.4 Å². The summed E-state index contributed by atoms with van der Waals surface area (Å²) in [5, 5.41) is 8.03. The second kappa shape index (κ2) is 8.06. The minimum atomic E-state index is -0.110. The van der Waals surface area contributed by atoms with Crippen LogP contribution in [0.5, 0.6) is 0 Å². The number of aryl methyl sites for hydroxylation is 3. The van der Waals surface area contributed by atoms with Gasteiger partial charge in [-0.1, -0.05) is 47.6 Å².